The Hall–Kier alpha value is -2.59. The molecule has 0 bridgehead atoms. The summed E-state index contributed by atoms with van der Waals surface area (Å²) >= 11 is 5.94. The van der Waals surface area contributed by atoms with Crippen molar-refractivity contribution in [1.82, 2.24) is 9.78 Å². The molecule has 3 aromatic rings. The van der Waals surface area contributed by atoms with E-state index in [1.54, 1.807) is 36.4 Å². The Labute approximate surface area is 152 Å². The lowest BCUT2D eigenvalue weighted by Crippen LogP contribution is -2.12. The van der Waals surface area contributed by atoms with Crippen molar-refractivity contribution in [3.8, 4) is 5.69 Å². The molecular formula is C20H20ClN3O. The van der Waals surface area contributed by atoms with Crippen LogP contribution in [-0.2, 0) is 6.42 Å². The van der Waals surface area contributed by atoms with E-state index in [-0.39, 0.29) is 5.91 Å². The van der Waals surface area contributed by atoms with Gasteiger partial charge in [-0.05, 0) is 68.3 Å². The van der Waals surface area contributed by atoms with Crippen molar-refractivity contribution < 1.29 is 4.79 Å². The van der Waals surface area contributed by atoms with Crippen LogP contribution in [0.3, 0.4) is 0 Å². The van der Waals surface area contributed by atoms with Crippen LogP contribution in [-0.4, -0.2) is 15.7 Å². The predicted molar refractivity (Wildman–Crippen MR) is 102 cm³/mol. The number of benzene rings is 2. The van der Waals surface area contributed by atoms with Crippen molar-refractivity contribution in [2.45, 2.75) is 27.2 Å². The Bertz CT molecular complexity index is 913. The molecule has 0 aliphatic carbocycles. The van der Waals surface area contributed by atoms with Gasteiger partial charge in [0.15, 0.2) is 0 Å². The Morgan fingerprint density at radius 1 is 1.16 bits per heavy atom. The summed E-state index contributed by atoms with van der Waals surface area (Å²) in [6.45, 7) is 6.22. The summed E-state index contributed by atoms with van der Waals surface area (Å²) in [5.41, 5.74) is 5.65. The number of nitrogens with zero attached hydrogens (tertiary/aromatic N) is 2. The van der Waals surface area contributed by atoms with Crippen LogP contribution in [0.15, 0.2) is 48.5 Å². The fraction of sp³-hybridized carbons (Fsp3) is 0.200. The lowest BCUT2D eigenvalue weighted by Gasteiger charge is -2.08. The number of halogens is 1. The van der Waals surface area contributed by atoms with Crippen molar-refractivity contribution in [1.29, 1.82) is 0 Å². The maximum absolute atomic E-state index is 12.4. The van der Waals surface area contributed by atoms with Crippen molar-refractivity contribution in [2.75, 3.05) is 5.32 Å². The van der Waals surface area contributed by atoms with Gasteiger partial charge in [0.25, 0.3) is 5.91 Å². The number of aromatic nitrogens is 2. The SMILES string of the molecule is CCc1c(C)nn(-c2ccc(C(=O)Nc3cccc(Cl)c3)cc2)c1C. The van der Waals surface area contributed by atoms with Gasteiger partial charge in [-0.1, -0.05) is 24.6 Å². The largest absolute Gasteiger partial charge is 0.322 e. The molecule has 3 rings (SSSR count). The highest BCUT2D eigenvalue weighted by atomic mass is 35.5. The highest BCUT2D eigenvalue weighted by molar-refractivity contribution is 6.30. The summed E-state index contributed by atoms with van der Waals surface area (Å²) in [7, 11) is 0. The molecule has 4 nitrogen and oxygen atoms in total. The summed E-state index contributed by atoms with van der Waals surface area (Å²) in [6, 6.07) is 14.5. The van der Waals surface area contributed by atoms with Gasteiger partial charge in [0.1, 0.15) is 0 Å². The first-order valence-electron chi connectivity index (χ1n) is 8.22. The summed E-state index contributed by atoms with van der Waals surface area (Å²) in [5, 5.41) is 8.04. The molecule has 1 N–H and O–H groups in total. The average Bonchev–Trinajstić information content (AvgIpc) is 2.89. The molecule has 1 amide bonds. The fourth-order valence-corrected chi connectivity index (χ4v) is 3.15. The monoisotopic (exact) mass is 353 g/mol. The minimum Gasteiger partial charge on any atom is -0.322 e. The van der Waals surface area contributed by atoms with Crippen LogP contribution in [0.25, 0.3) is 5.69 Å². The molecule has 5 heteroatoms. The third-order valence-electron chi connectivity index (χ3n) is 4.25. The summed E-state index contributed by atoms with van der Waals surface area (Å²) < 4.78 is 1.92. The molecule has 0 spiro atoms. The van der Waals surface area contributed by atoms with Crippen LogP contribution in [0.2, 0.25) is 5.02 Å². The van der Waals surface area contributed by atoms with Gasteiger partial charge in [0.2, 0.25) is 0 Å². The first-order valence-corrected chi connectivity index (χ1v) is 8.60. The number of amides is 1. The van der Waals surface area contributed by atoms with Gasteiger partial charge < -0.3 is 5.32 Å². The number of carbonyl (C=O) groups is 1. The number of hydrogen-bond donors (Lipinski definition) is 1. The Morgan fingerprint density at radius 3 is 2.48 bits per heavy atom. The first kappa shape index (κ1) is 17.2. The van der Waals surface area contributed by atoms with Crippen LogP contribution < -0.4 is 5.32 Å². The molecule has 2 aromatic carbocycles. The second-order valence-electron chi connectivity index (χ2n) is 5.93. The normalized spacial score (nSPS) is 10.7. The summed E-state index contributed by atoms with van der Waals surface area (Å²) in [5.74, 6) is -0.170. The summed E-state index contributed by atoms with van der Waals surface area (Å²) in [6.07, 6.45) is 0.956. The van der Waals surface area contributed by atoms with E-state index in [2.05, 4.69) is 24.3 Å². The topological polar surface area (TPSA) is 46.9 Å². The lowest BCUT2D eigenvalue weighted by molar-refractivity contribution is 0.102. The molecule has 0 saturated carbocycles. The molecule has 1 heterocycles. The van der Waals surface area contributed by atoms with Gasteiger partial charge in [-0.3, -0.25) is 4.79 Å². The Morgan fingerprint density at radius 2 is 1.88 bits per heavy atom. The van der Waals surface area contributed by atoms with Gasteiger partial charge in [0, 0.05) is 22.0 Å². The maximum Gasteiger partial charge on any atom is 0.255 e. The van der Waals surface area contributed by atoms with Crippen LogP contribution in [0.4, 0.5) is 5.69 Å². The second kappa shape index (κ2) is 7.11. The molecule has 0 aliphatic heterocycles. The lowest BCUT2D eigenvalue weighted by atomic mass is 10.1. The molecule has 0 atom stereocenters. The van der Waals surface area contributed by atoms with Gasteiger partial charge in [-0.25, -0.2) is 4.68 Å². The van der Waals surface area contributed by atoms with Crippen LogP contribution in [0, 0.1) is 13.8 Å². The average molecular weight is 354 g/mol. The first-order chi connectivity index (χ1) is 12.0. The molecule has 0 radical (unpaired) electrons. The number of carbonyl (C=O) groups excluding carboxylic acids is 1. The molecule has 0 unspecified atom stereocenters. The zero-order valence-corrected chi connectivity index (χ0v) is 15.3. The smallest absolute Gasteiger partial charge is 0.255 e. The number of rotatable bonds is 4. The van der Waals surface area contributed by atoms with Gasteiger partial charge in [0.05, 0.1) is 11.4 Å². The van der Waals surface area contributed by atoms with E-state index in [1.807, 2.05) is 23.7 Å². The molecule has 25 heavy (non-hydrogen) atoms. The molecular weight excluding hydrogens is 334 g/mol. The van der Waals surface area contributed by atoms with Crippen LogP contribution >= 0.6 is 11.6 Å². The highest BCUT2D eigenvalue weighted by Gasteiger charge is 2.12. The quantitative estimate of drug-likeness (QED) is 0.720. The number of aryl methyl sites for hydroxylation is 1. The van der Waals surface area contributed by atoms with E-state index in [0.717, 1.165) is 23.5 Å². The van der Waals surface area contributed by atoms with Gasteiger partial charge in [-0.2, -0.15) is 5.10 Å². The molecule has 0 aliphatic rings. The standard InChI is InChI=1S/C20H20ClN3O/c1-4-19-13(2)23-24(14(19)3)18-10-8-15(9-11-18)20(25)22-17-7-5-6-16(21)12-17/h5-12H,4H2,1-3H3,(H,22,25). The Balaban J connectivity index is 1.81. The third kappa shape index (κ3) is 3.59. The minimum absolute atomic E-state index is 0.170. The third-order valence-corrected chi connectivity index (χ3v) is 4.49. The van der Waals surface area contributed by atoms with Crippen molar-refractivity contribution in [2.24, 2.45) is 0 Å². The number of hydrogen-bond acceptors (Lipinski definition) is 2. The minimum atomic E-state index is -0.170. The van der Waals surface area contributed by atoms with Crippen molar-refractivity contribution >= 4 is 23.2 Å². The fourth-order valence-electron chi connectivity index (χ4n) is 2.96. The van der Waals surface area contributed by atoms with E-state index < -0.39 is 0 Å². The summed E-state index contributed by atoms with van der Waals surface area (Å²) in [4.78, 5) is 12.4. The number of nitrogens with one attached hydrogen (secondary N) is 1. The van der Waals surface area contributed by atoms with E-state index in [9.17, 15) is 4.79 Å². The van der Waals surface area contributed by atoms with E-state index in [0.29, 0.717) is 16.3 Å². The molecule has 0 saturated heterocycles. The number of anilines is 1. The maximum atomic E-state index is 12.4. The Kier molecular flexibility index (Phi) is 4.91. The highest BCUT2D eigenvalue weighted by Crippen LogP contribution is 2.20. The zero-order valence-electron chi connectivity index (χ0n) is 14.5. The van der Waals surface area contributed by atoms with Crippen LogP contribution in [0.1, 0.15) is 34.2 Å². The van der Waals surface area contributed by atoms with Gasteiger partial charge >= 0.3 is 0 Å². The van der Waals surface area contributed by atoms with E-state index in [4.69, 9.17) is 11.6 Å². The van der Waals surface area contributed by atoms with E-state index >= 15 is 0 Å². The predicted octanol–water partition coefficient (Wildman–Crippen LogP) is 4.96. The molecule has 1 aromatic heterocycles. The van der Waals surface area contributed by atoms with Crippen molar-refractivity contribution in [3.05, 3.63) is 76.1 Å². The van der Waals surface area contributed by atoms with Crippen molar-refractivity contribution in [3.63, 3.8) is 0 Å². The second-order valence-corrected chi connectivity index (χ2v) is 6.36. The zero-order chi connectivity index (χ0) is 18.0. The van der Waals surface area contributed by atoms with E-state index in [1.165, 1.54) is 5.56 Å². The van der Waals surface area contributed by atoms with Gasteiger partial charge in [-0.15, -0.1) is 0 Å². The molecule has 128 valence electrons. The van der Waals surface area contributed by atoms with Crippen LogP contribution in [0.5, 0.6) is 0 Å². The molecule has 0 fully saturated rings.